The topological polar surface area (TPSA) is 55.4 Å². The van der Waals surface area contributed by atoms with Crippen LogP contribution in [0.1, 0.15) is 54.4 Å². The lowest BCUT2D eigenvalue weighted by Crippen LogP contribution is -2.60. The third-order valence-electron chi connectivity index (χ3n) is 5.15. The lowest BCUT2D eigenvalue weighted by molar-refractivity contribution is -0.140. The van der Waals surface area contributed by atoms with Gasteiger partial charge in [-0.3, -0.25) is 0 Å². The van der Waals surface area contributed by atoms with E-state index >= 15 is 0 Å². The number of hydrogen-bond donors (Lipinski definition) is 0. The average Bonchev–Trinajstić information content (AvgIpc) is 2.64. The molecule has 0 fully saturated rings. The van der Waals surface area contributed by atoms with E-state index in [1.807, 2.05) is 27.7 Å². The Bertz CT molecular complexity index is 559. The van der Waals surface area contributed by atoms with E-state index in [2.05, 4.69) is 66.3 Å². The van der Waals surface area contributed by atoms with E-state index in [4.69, 9.17) is 27.2 Å². The van der Waals surface area contributed by atoms with E-state index in [1.54, 1.807) is 0 Å². The second kappa shape index (κ2) is 14.5. The molecule has 0 aromatic heterocycles. The summed E-state index contributed by atoms with van der Waals surface area (Å²) in [6.45, 7) is 33.9. The van der Waals surface area contributed by atoms with Gasteiger partial charge in [0.15, 0.2) is 12.6 Å². The predicted octanol–water partition coefficient (Wildman–Crippen LogP) is 6.68. The second-order valence-electron chi connectivity index (χ2n) is 10.5. The van der Waals surface area contributed by atoms with Gasteiger partial charge in [0, 0.05) is 0 Å². The Labute approximate surface area is 207 Å². The van der Waals surface area contributed by atoms with E-state index in [0.717, 1.165) is 24.0 Å². The summed E-state index contributed by atoms with van der Waals surface area (Å²) in [5.41, 5.74) is 1.97. The molecule has 0 aliphatic heterocycles. The minimum Gasteiger partial charge on any atom is -0.434 e. The molecule has 0 radical (unpaired) electrons. The number of ether oxygens (including phenoxy) is 4. The van der Waals surface area contributed by atoms with Gasteiger partial charge in [-0.05, 0) is 79.8 Å². The van der Waals surface area contributed by atoms with Gasteiger partial charge in [0.1, 0.15) is 0 Å². The van der Waals surface area contributed by atoms with Crippen molar-refractivity contribution in [1.82, 2.24) is 0 Å². The van der Waals surface area contributed by atoms with Gasteiger partial charge >= 0.3 is 8.56 Å². The molecule has 0 aromatic rings. The predicted molar refractivity (Wildman–Crippen MR) is 145 cm³/mol. The average molecular weight is 521 g/mol. The number of hydrogen-bond acceptors (Lipinski definition) is 6. The Hall–Kier alpha value is -0.109. The van der Waals surface area contributed by atoms with Crippen molar-refractivity contribution in [3.05, 3.63) is 24.3 Å². The standard InChI is InChI=1S/C24H52O6Si3/c1-15-23(27-21(7)25-17-19(3)4)31(9,10)29-33(13,14)30-32(11,12)24(16-2)28-22(8)26-18-20(5)6/h21-24H,3,5,15-18H2,1-2,4,6-14H3. The molecule has 33 heavy (non-hydrogen) atoms. The van der Waals surface area contributed by atoms with Gasteiger partial charge < -0.3 is 27.2 Å². The van der Waals surface area contributed by atoms with Crippen molar-refractivity contribution in [2.45, 2.75) is 118 Å². The van der Waals surface area contributed by atoms with Gasteiger partial charge in [-0.15, -0.1) is 0 Å². The Morgan fingerprint density at radius 2 is 0.970 bits per heavy atom. The van der Waals surface area contributed by atoms with Crippen LogP contribution in [0, 0.1) is 0 Å². The molecule has 0 aliphatic rings. The first kappa shape index (κ1) is 32.9. The van der Waals surface area contributed by atoms with Crippen LogP contribution >= 0.6 is 0 Å². The van der Waals surface area contributed by atoms with Crippen LogP contribution in [0.25, 0.3) is 0 Å². The van der Waals surface area contributed by atoms with Crippen LogP contribution in [0.3, 0.4) is 0 Å². The fourth-order valence-electron chi connectivity index (χ4n) is 3.98. The summed E-state index contributed by atoms with van der Waals surface area (Å²) in [6, 6.07) is 0. The van der Waals surface area contributed by atoms with E-state index in [9.17, 15) is 0 Å². The molecule has 0 aromatic carbocycles. The lowest BCUT2D eigenvalue weighted by Gasteiger charge is -2.43. The van der Waals surface area contributed by atoms with E-state index < -0.39 is 25.2 Å². The highest BCUT2D eigenvalue weighted by molar-refractivity contribution is 6.88. The second-order valence-corrected chi connectivity index (χ2v) is 22.7. The van der Waals surface area contributed by atoms with Gasteiger partial charge in [-0.1, -0.05) is 38.2 Å². The first-order valence-corrected chi connectivity index (χ1v) is 21.0. The maximum atomic E-state index is 6.81. The summed E-state index contributed by atoms with van der Waals surface area (Å²) in [7, 11) is -6.91. The van der Waals surface area contributed by atoms with Crippen LogP contribution in [0.15, 0.2) is 24.3 Å². The SMILES string of the molecule is C=C(C)COC(C)OC(CC)[Si](C)(C)O[Si](C)(C)O[Si](C)(C)C(CC)OC(C)OCC(=C)C. The molecule has 0 saturated carbocycles. The first-order valence-electron chi connectivity index (χ1n) is 12.2. The summed E-state index contributed by atoms with van der Waals surface area (Å²) in [6.07, 6.45) is 1.11. The summed E-state index contributed by atoms with van der Waals surface area (Å²) >= 11 is 0. The monoisotopic (exact) mass is 520 g/mol. The summed E-state index contributed by atoms with van der Waals surface area (Å²) in [4.78, 5) is 0. The Balaban J connectivity index is 5.20. The minimum absolute atomic E-state index is 0.00608. The summed E-state index contributed by atoms with van der Waals surface area (Å²) in [5, 5.41) is 0. The molecule has 0 spiro atoms. The van der Waals surface area contributed by atoms with Gasteiger partial charge in [-0.2, -0.15) is 0 Å². The van der Waals surface area contributed by atoms with E-state index in [-0.39, 0.29) is 24.0 Å². The highest BCUT2D eigenvalue weighted by atomic mass is 28.5. The fourth-order valence-corrected chi connectivity index (χ4v) is 18.7. The van der Waals surface area contributed by atoms with Crippen LogP contribution in [0.5, 0.6) is 0 Å². The molecule has 0 saturated heterocycles. The molecule has 0 N–H and O–H groups in total. The first-order chi connectivity index (χ1) is 15.0. The highest BCUT2D eigenvalue weighted by Crippen LogP contribution is 2.29. The number of rotatable bonds is 18. The van der Waals surface area contributed by atoms with Crippen molar-refractivity contribution in [1.29, 1.82) is 0 Å². The lowest BCUT2D eigenvalue weighted by atomic mass is 10.4. The van der Waals surface area contributed by atoms with E-state index in [1.165, 1.54) is 0 Å². The zero-order valence-electron chi connectivity index (χ0n) is 23.5. The maximum absolute atomic E-state index is 6.81. The smallest absolute Gasteiger partial charge is 0.311 e. The molecule has 196 valence electrons. The van der Waals surface area contributed by atoms with E-state index in [0.29, 0.717) is 13.2 Å². The van der Waals surface area contributed by atoms with Gasteiger partial charge in [0.05, 0.1) is 24.7 Å². The normalized spacial score (nSPS) is 16.8. The van der Waals surface area contributed by atoms with Crippen LogP contribution in [0.2, 0.25) is 39.3 Å². The van der Waals surface area contributed by atoms with Gasteiger partial charge in [0.2, 0.25) is 16.6 Å². The molecular weight excluding hydrogens is 469 g/mol. The molecule has 6 nitrogen and oxygen atoms in total. The van der Waals surface area contributed by atoms with Crippen molar-refractivity contribution in [2.75, 3.05) is 13.2 Å². The van der Waals surface area contributed by atoms with Crippen molar-refractivity contribution < 1.29 is 27.2 Å². The van der Waals surface area contributed by atoms with Gasteiger partial charge in [-0.25, -0.2) is 0 Å². The Kier molecular flexibility index (Phi) is 14.4. The minimum atomic E-state index is -2.45. The van der Waals surface area contributed by atoms with Crippen molar-refractivity contribution >= 4 is 25.2 Å². The van der Waals surface area contributed by atoms with Crippen LogP contribution in [-0.2, 0) is 27.2 Å². The van der Waals surface area contributed by atoms with Crippen LogP contribution < -0.4 is 0 Å². The largest absolute Gasteiger partial charge is 0.434 e. The quantitative estimate of drug-likeness (QED) is 0.114. The van der Waals surface area contributed by atoms with Crippen molar-refractivity contribution in [3.63, 3.8) is 0 Å². The van der Waals surface area contributed by atoms with Crippen LogP contribution in [-0.4, -0.2) is 62.4 Å². The Morgan fingerprint density at radius 1 is 0.667 bits per heavy atom. The molecule has 4 unspecified atom stereocenters. The van der Waals surface area contributed by atoms with Crippen molar-refractivity contribution in [2.24, 2.45) is 0 Å². The van der Waals surface area contributed by atoms with Crippen LogP contribution in [0.4, 0.5) is 0 Å². The zero-order chi connectivity index (χ0) is 26.0. The molecule has 0 aliphatic carbocycles. The van der Waals surface area contributed by atoms with Gasteiger partial charge in [0.25, 0.3) is 0 Å². The summed E-state index contributed by atoms with van der Waals surface area (Å²) < 4.78 is 37.7. The third kappa shape index (κ3) is 13.5. The Morgan fingerprint density at radius 3 is 1.21 bits per heavy atom. The molecular formula is C24H52O6Si3. The molecule has 9 heteroatoms. The zero-order valence-corrected chi connectivity index (χ0v) is 26.5. The molecule has 0 amide bonds. The van der Waals surface area contributed by atoms with Crippen molar-refractivity contribution in [3.8, 4) is 0 Å². The maximum Gasteiger partial charge on any atom is 0.311 e. The molecule has 0 heterocycles. The molecule has 0 rings (SSSR count). The molecule has 0 bridgehead atoms. The molecule has 4 atom stereocenters. The third-order valence-corrected chi connectivity index (χ3v) is 17.5. The fraction of sp³-hybridized carbons (Fsp3) is 0.833. The summed E-state index contributed by atoms with van der Waals surface area (Å²) in [5.74, 6) is 0. The highest BCUT2D eigenvalue weighted by Gasteiger charge is 2.46.